The summed E-state index contributed by atoms with van der Waals surface area (Å²) in [7, 11) is 1.93. The highest BCUT2D eigenvalue weighted by Crippen LogP contribution is 2.50. The van der Waals surface area contributed by atoms with Crippen LogP contribution in [-0.2, 0) is 17.3 Å². The van der Waals surface area contributed by atoms with Gasteiger partial charge in [-0.3, -0.25) is 9.48 Å². The second-order valence-electron chi connectivity index (χ2n) is 4.63. The largest absolute Gasteiger partial charge is 0.299 e. The van der Waals surface area contributed by atoms with Gasteiger partial charge in [0.25, 0.3) is 0 Å². The third-order valence-corrected chi connectivity index (χ3v) is 3.62. The number of nitrogens with zero attached hydrogens (tertiary/aromatic N) is 2. The molecule has 0 radical (unpaired) electrons. The van der Waals surface area contributed by atoms with Crippen LogP contribution in [0.2, 0.25) is 0 Å². The quantitative estimate of drug-likeness (QED) is 0.768. The number of fused-ring (bicyclic) bond motifs is 1. The molecular formula is C13H14N2O. The Morgan fingerprint density at radius 2 is 2.06 bits per heavy atom. The summed E-state index contributed by atoms with van der Waals surface area (Å²) in [5.74, 6) is 0.265. The molecule has 1 aliphatic carbocycles. The van der Waals surface area contributed by atoms with Gasteiger partial charge in [-0.1, -0.05) is 18.2 Å². The fourth-order valence-corrected chi connectivity index (χ4v) is 2.60. The average Bonchev–Trinajstić information content (AvgIpc) is 2.97. The second kappa shape index (κ2) is 2.94. The molecule has 1 heterocycles. The van der Waals surface area contributed by atoms with Crippen LogP contribution >= 0.6 is 0 Å². The van der Waals surface area contributed by atoms with Crippen LogP contribution in [0.25, 0.3) is 10.9 Å². The Morgan fingerprint density at radius 1 is 1.38 bits per heavy atom. The van der Waals surface area contributed by atoms with Gasteiger partial charge in [0.15, 0.2) is 0 Å². The van der Waals surface area contributed by atoms with Crippen molar-refractivity contribution in [2.45, 2.75) is 25.2 Å². The molecule has 3 rings (SSSR count). The molecule has 16 heavy (non-hydrogen) atoms. The first-order valence-electron chi connectivity index (χ1n) is 5.58. The lowest BCUT2D eigenvalue weighted by atomic mass is 9.95. The number of hydrogen-bond acceptors (Lipinski definition) is 2. The fourth-order valence-electron chi connectivity index (χ4n) is 2.60. The third-order valence-electron chi connectivity index (χ3n) is 3.62. The van der Waals surface area contributed by atoms with Gasteiger partial charge in [0.05, 0.1) is 16.6 Å². The molecule has 1 aromatic carbocycles. The van der Waals surface area contributed by atoms with Crippen molar-refractivity contribution in [3.63, 3.8) is 0 Å². The average molecular weight is 214 g/mol. The van der Waals surface area contributed by atoms with Crippen molar-refractivity contribution in [2.75, 3.05) is 0 Å². The van der Waals surface area contributed by atoms with Crippen LogP contribution in [0.4, 0.5) is 0 Å². The summed E-state index contributed by atoms with van der Waals surface area (Å²) in [6.45, 7) is 1.69. The van der Waals surface area contributed by atoms with Crippen LogP contribution in [0.5, 0.6) is 0 Å². The molecule has 3 heteroatoms. The number of carbonyl (C=O) groups is 1. The van der Waals surface area contributed by atoms with Crippen molar-refractivity contribution in [3.05, 3.63) is 30.0 Å². The number of hydrogen-bond donors (Lipinski definition) is 0. The van der Waals surface area contributed by atoms with Gasteiger partial charge in [-0.05, 0) is 25.8 Å². The van der Waals surface area contributed by atoms with Crippen LogP contribution in [0, 0.1) is 0 Å². The summed E-state index contributed by atoms with van der Waals surface area (Å²) < 4.78 is 1.87. The molecule has 3 nitrogen and oxygen atoms in total. The number of benzene rings is 1. The van der Waals surface area contributed by atoms with Gasteiger partial charge in [-0.2, -0.15) is 5.10 Å². The molecule has 0 atom stereocenters. The van der Waals surface area contributed by atoms with Gasteiger partial charge >= 0.3 is 0 Å². The minimum absolute atomic E-state index is 0.245. The zero-order valence-electron chi connectivity index (χ0n) is 9.53. The summed E-state index contributed by atoms with van der Waals surface area (Å²) in [6.07, 6.45) is 1.93. The molecule has 0 unspecified atom stereocenters. The normalized spacial score (nSPS) is 17.6. The van der Waals surface area contributed by atoms with E-state index >= 15 is 0 Å². The fraction of sp³-hybridized carbons (Fsp3) is 0.385. The summed E-state index contributed by atoms with van der Waals surface area (Å²) in [4.78, 5) is 11.8. The topological polar surface area (TPSA) is 34.9 Å². The number of rotatable bonds is 2. The Labute approximate surface area is 94.1 Å². The third kappa shape index (κ3) is 1.08. The van der Waals surface area contributed by atoms with Gasteiger partial charge in [0.1, 0.15) is 5.78 Å². The number of carbonyl (C=O) groups excluding carboxylic acids is 1. The van der Waals surface area contributed by atoms with Crippen molar-refractivity contribution < 1.29 is 4.79 Å². The molecular weight excluding hydrogens is 200 g/mol. The van der Waals surface area contributed by atoms with Crippen molar-refractivity contribution in [2.24, 2.45) is 7.05 Å². The van der Waals surface area contributed by atoms with Crippen LogP contribution in [-0.4, -0.2) is 15.6 Å². The maximum atomic E-state index is 11.8. The maximum Gasteiger partial charge on any atom is 0.141 e. The molecule has 1 fully saturated rings. The first-order valence-corrected chi connectivity index (χ1v) is 5.58. The van der Waals surface area contributed by atoms with Crippen molar-refractivity contribution >= 4 is 16.7 Å². The number of aryl methyl sites for hydroxylation is 1. The molecule has 0 saturated heterocycles. The summed E-state index contributed by atoms with van der Waals surface area (Å²) in [6, 6.07) is 8.03. The standard InChI is InChI=1S/C13H14N2O/c1-9(16)13(7-8-13)12-10-5-3-4-6-11(10)14-15(12)2/h3-6H,7-8H2,1-2H3. The molecule has 1 aliphatic rings. The molecule has 1 aromatic heterocycles. The first-order chi connectivity index (χ1) is 7.65. The number of aromatic nitrogens is 2. The van der Waals surface area contributed by atoms with Crippen molar-refractivity contribution in [1.82, 2.24) is 9.78 Å². The molecule has 0 aliphatic heterocycles. The zero-order chi connectivity index (χ0) is 11.3. The Bertz CT molecular complexity index is 579. The maximum absolute atomic E-state index is 11.8. The van der Waals surface area contributed by atoms with Crippen molar-refractivity contribution in [3.8, 4) is 0 Å². The van der Waals surface area contributed by atoms with E-state index < -0.39 is 0 Å². The summed E-state index contributed by atoms with van der Waals surface area (Å²) in [5.41, 5.74) is 1.83. The van der Waals surface area contributed by atoms with E-state index in [9.17, 15) is 4.79 Å². The van der Waals surface area contributed by atoms with E-state index in [2.05, 4.69) is 11.2 Å². The highest BCUT2D eigenvalue weighted by Gasteiger charge is 2.51. The van der Waals surface area contributed by atoms with Crippen LogP contribution in [0.3, 0.4) is 0 Å². The first kappa shape index (κ1) is 9.58. The van der Waals surface area contributed by atoms with Crippen LogP contribution in [0.15, 0.2) is 24.3 Å². The minimum Gasteiger partial charge on any atom is -0.299 e. The molecule has 1 saturated carbocycles. The SMILES string of the molecule is CC(=O)C1(c2c3ccccc3nn2C)CC1. The molecule has 82 valence electrons. The van der Waals surface area contributed by atoms with E-state index in [0.29, 0.717) is 0 Å². The van der Waals surface area contributed by atoms with Gasteiger partial charge in [0, 0.05) is 12.4 Å². The Hall–Kier alpha value is -1.64. The van der Waals surface area contributed by atoms with E-state index in [1.165, 1.54) is 0 Å². The molecule has 0 N–H and O–H groups in total. The molecule has 2 aromatic rings. The zero-order valence-corrected chi connectivity index (χ0v) is 9.53. The van der Waals surface area contributed by atoms with Crippen LogP contribution in [0.1, 0.15) is 25.5 Å². The predicted octanol–water partition coefficient (Wildman–Crippen LogP) is 2.19. The van der Waals surface area contributed by atoms with Crippen molar-refractivity contribution in [1.29, 1.82) is 0 Å². The highest BCUT2D eigenvalue weighted by molar-refractivity contribution is 5.96. The van der Waals surface area contributed by atoms with Gasteiger partial charge in [-0.15, -0.1) is 0 Å². The van der Waals surface area contributed by atoms with E-state index in [1.54, 1.807) is 6.92 Å². The monoisotopic (exact) mass is 214 g/mol. The minimum atomic E-state index is -0.245. The van der Waals surface area contributed by atoms with E-state index in [0.717, 1.165) is 29.4 Å². The van der Waals surface area contributed by atoms with Gasteiger partial charge in [-0.25, -0.2) is 0 Å². The summed E-state index contributed by atoms with van der Waals surface area (Å²) >= 11 is 0. The molecule has 0 amide bonds. The number of Topliss-reactive ketones (excluding diaryl/α,β-unsaturated/α-hetero) is 1. The molecule has 0 spiro atoms. The Kier molecular flexibility index (Phi) is 1.76. The lowest BCUT2D eigenvalue weighted by Gasteiger charge is -2.12. The van der Waals surface area contributed by atoms with E-state index in [1.807, 2.05) is 29.9 Å². The number of ketones is 1. The predicted molar refractivity (Wildman–Crippen MR) is 62.3 cm³/mol. The van der Waals surface area contributed by atoms with E-state index in [4.69, 9.17) is 0 Å². The Morgan fingerprint density at radius 3 is 2.69 bits per heavy atom. The Balaban J connectivity index is 2.31. The lowest BCUT2D eigenvalue weighted by Crippen LogP contribution is -2.20. The van der Waals surface area contributed by atoms with Gasteiger partial charge < -0.3 is 0 Å². The molecule has 0 bridgehead atoms. The van der Waals surface area contributed by atoms with Gasteiger partial charge in [0.2, 0.25) is 0 Å². The second-order valence-corrected chi connectivity index (χ2v) is 4.63. The smallest absolute Gasteiger partial charge is 0.141 e. The summed E-state index contributed by atoms with van der Waals surface area (Å²) in [5, 5.41) is 5.59. The lowest BCUT2D eigenvalue weighted by molar-refractivity contribution is -0.119. The van der Waals surface area contributed by atoms with Crippen LogP contribution < -0.4 is 0 Å². The highest BCUT2D eigenvalue weighted by atomic mass is 16.1. The van der Waals surface area contributed by atoms with E-state index in [-0.39, 0.29) is 11.2 Å².